The molecule has 0 radical (unpaired) electrons. The Balaban J connectivity index is 1.86. The van der Waals surface area contributed by atoms with Gasteiger partial charge in [0, 0.05) is 13.1 Å². The van der Waals surface area contributed by atoms with Gasteiger partial charge in [-0.25, -0.2) is 9.97 Å². The number of carbonyl (C=O) groups is 1. The average molecular weight is 366 g/mol. The first-order valence-electron chi connectivity index (χ1n) is 9.82. The number of fused-ring (bicyclic) bond motifs is 1. The van der Waals surface area contributed by atoms with Crippen molar-refractivity contribution in [3.05, 3.63) is 30.0 Å². The summed E-state index contributed by atoms with van der Waals surface area (Å²) >= 11 is 0. The summed E-state index contributed by atoms with van der Waals surface area (Å²) < 4.78 is 5.38. The van der Waals surface area contributed by atoms with Crippen molar-refractivity contribution in [2.24, 2.45) is 0 Å². The number of hydrogen-bond acceptors (Lipinski definition) is 6. The summed E-state index contributed by atoms with van der Waals surface area (Å²) in [6.45, 7) is 4.21. The lowest BCUT2D eigenvalue weighted by atomic mass is 10.1. The van der Waals surface area contributed by atoms with E-state index in [1.165, 1.54) is 0 Å². The van der Waals surface area contributed by atoms with Crippen LogP contribution in [0, 0.1) is 11.3 Å². The molecule has 1 aliphatic rings. The first kappa shape index (κ1) is 19.1. The molecule has 6 nitrogen and oxygen atoms in total. The Morgan fingerprint density at radius 1 is 1.19 bits per heavy atom. The molecule has 3 rings (SSSR count). The van der Waals surface area contributed by atoms with Crippen LogP contribution in [0.3, 0.4) is 0 Å². The molecule has 1 aromatic carbocycles. The molecule has 0 unspecified atom stereocenters. The zero-order valence-corrected chi connectivity index (χ0v) is 15.9. The molecule has 1 aromatic heterocycles. The van der Waals surface area contributed by atoms with Gasteiger partial charge in [-0.15, -0.1) is 0 Å². The molecule has 1 aliphatic heterocycles. The Labute approximate surface area is 160 Å². The molecule has 1 saturated heterocycles. The number of rotatable bonds is 8. The van der Waals surface area contributed by atoms with Crippen LogP contribution in [-0.2, 0) is 9.53 Å². The number of benzene rings is 1. The fraction of sp³-hybridized carbons (Fsp3) is 0.524. The molecule has 0 amide bonds. The molecule has 1 fully saturated rings. The molecule has 2 aromatic rings. The van der Waals surface area contributed by atoms with Crippen molar-refractivity contribution in [2.45, 2.75) is 51.4 Å². The van der Waals surface area contributed by atoms with Crippen LogP contribution in [0.1, 0.15) is 57.1 Å². The van der Waals surface area contributed by atoms with E-state index in [9.17, 15) is 10.1 Å². The van der Waals surface area contributed by atoms with Gasteiger partial charge in [0.25, 0.3) is 0 Å². The van der Waals surface area contributed by atoms with Gasteiger partial charge in [0.05, 0.1) is 23.7 Å². The number of nitrogens with zero attached hydrogens (tertiary/aromatic N) is 4. The third-order valence-corrected chi connectivity index (χ3v) is 4.86. The number of para-hydroxylation sites is 2. The van der Waals surface area contributed by atoms with Crippen LogP contribution in [0.5, 0.6) is 0 Å². The van der Waals surface area contributed by atoms with Gasteiger partial charge in [0.1, 0.15) is 5.69 Å². The van der Waals surface area contributed by atoms with Gasteiger partial charge >= 0.3 is 5.97 Å². The Morgan fingerprint density at radius 3 is 2.56 bits per heavy atom. The first-order valence-corrected chi connectivity index (χ1v) is 9.82. The third-order valence-electron chi connectivity index (χ3n) is 4.86. The number of unbranched alkanes of at least 4 members (excludes halogenated alkanes) is 3. The van der Waals surface area contributed by atoms with E-state index in [0.717, 1.165) is 57.1 Å². The summed E-state index contributed by atoms with van der Waals surface area (Å²) in [4.78, 5) is 24.1. The van der Waals surface area contributed by atoms with Gasteiger partial charge < -0.3 is 9.64 Å². The third kappa shape index (κ3) is 4.54. The molecule has 0 bridgehead atoms. The molecule has 27 heavy (non-hydrogen) atoms. The number of nitriles is 1. The topological polar surface area (TPSA) is 79.1 Å². The average Bonchev–Trinajstić information content (AvgIpc) is 3.22. The largest absolute Gasteiger partial charge is 0.464 e. The first-order chi connectivity index (χ1) is 13.2. The minimum absolute atomic E-state index is 0.344. The highest BCUT2D eigenvalue weighted by Crippen LogP contribution is 2.30. The number of carbonyl (C=O) groups excluding carboxylic acids is 1. The smallest absolute Gasteiger partial charge is 0.329 e. The quantitative estimate of drug-likeness (QED) is 0.520. The van der Waals surface area contributed by atoms with E-state index in [-0.39, 0.29) is 0 Å². The second-order valence-electron chi connectivity index (χ2n) is 6.91. The van der Waals surface area contributed by atoms with E-state index in [0.29, 0.717) is 23.6 Å². The zero-order chi connectivity index (χ0) is 19.1. The van der Waals surface area contributed by atoms with Crippen LogP contribution in [0.2, 0.25) is 0 Å². The molecule has 1 atom stereocenters. The van der Waals surface area contributed by atoms with E-state index < -0.39 is 11.9 Å². The van der Waals surface area contributed by atoms with E-state index in [2.05, 4.69) is 22.9 Å². The molecule has 0 saturated carbocycles. The maximum absolute atomic E-state index is 12.6. The number of hydrogen-bond donors (Lipinski definition) is 0. The minimum Gasteiger partial charge on any atom is -0.464 e. The lowest BCUT2D eigenvalue weighted by Gasteiger charge is -2.21. The second-order valence-corrected chi connectivity index (χ2v) is 6.91. The molecule has 0 aliphatic carbocycles. The summed E-state index contributed by atoms with van der Waals surface area (Å²) in [5.41, 5.74) is 1.87. The number of anilines is 1. The van der Waals surface area contributed by atoms with Gasteiger partial charge in [-0.1, -0.05) is 38.3 Å². The Kier molecular flexibility index (Phi) is 6.59. The number of esters is 1. The molecule has 0 spiro atoms. The Morgan fingerprint density at radius 2 is 1.89 bits per heavy atom. The van der Waals surface area contributed by atoms with Crippen molar-refractivity contribution in [1.82, 2.24) is 9.97 Å². The van der Waals surface area contributed by atoms with Crippen molar-refractivity contribution in [3.8, 4) is 6.07 Å². The fourth-order valence-corrected chi connectivity index (χ4v) is 3.37. The monoisotopic (exact) mass is 366 g/mol. The summed E-state index contributed by atoms with van der Waals surface area (Å²) in [6.07, 6.45) is 6.24. The zero-order valence-electron chi connectivity index (χ0n) is 15.9. The van der Waals surface area contributed by atoms with Gasteiger partial charge in [0.15, 0.2) is 11.7 Å². The van der Waals surface area contributed by atoms with Crippen molar-refractivity contribution < 1.29 is 9.53 Å². The SMILES string of the molecule is CCCCCCOC(=O)[C@H](C#N)c1nc2ccccc2nc1N1CCCC1. The predicted octanol–water partition coefficient (Wildman–Crippen LogP) is 3.96. The minimum atomic E-state index is -1.05. The molecular formula is C21H26N4O2. The maximum Gasteiger partial charge on any atom is 0.329 e. The van der Waals surface area contributed by atoms with Crippen LogP contribution >= 0.6 is 0 Å². The molecule has 6 heteroatoms. The summed E-state index contributed by atoms with van der Waals surface area (Å²) in [5, 5.41) is 9.69. The lowest BCUT2D eigenvalue weighted by Crippen LogP contribution is -2.25. The van der Waals surface area contributed by atoms with Crippen LogP contribution in [0.4, 0.5) is 5.82 Å². The van der Waals surface area contributed by atoms with E-state index >= 15 is 0 Å². The summed E-state index contributed by atoms with van der Waals surface area (Å²) in [7, 11) is 0. The van der Waals surface area contributed by atoms with Crippen molar-refractivity contribution in [2.75, 3.05) is 24.6 Å². The number of ether oxygens (including phenoxy) is 1. The Bertz CT molecular complexity index is 825. The highest BCUT2D eigenvalue weighted by molar-refractivity contribution is 5.85. The van der Waals surface area contributed by atoms with Crippen LogP contribution < -0.4 is 4.90 Å². The van der Waals surface area contributed by atoms with Gasteiger partial charge in [-0.2, -0.15) is 5.26 Å². The van der Waals surface area contributed by atoms with Gasteiger partial charge in [0.2, 0.25) is 0 Å². The standard InChI is InChI=1S/C21H26N4O2/c1-2-3-4-9-14-27-21(26)16(15-22)19-20(25-12-7-8-13-25)24-18-11-6-5-10-17(18)23-19/h5-6,10-11,16H,2-4,7-9,12-14H2,1H3/t16-/m1/s1. The predicted molar refractivity (Wildman–Crippen MR) is 104 cm³/mol. The lowest BCUT2D eigenvalue weighted by molar-refractivity contribution is -0.144. The van der Waals surface area contributed by atoms with E-state index in [4.69, 9.17) is 9.72 Å². The number of aromatic nitrogens is 2. The van der Waals surface area contributed by atoms with E-state index in [1.807, 2.05) is 24.3 Å². The summed E-state index contributed by atoms with van der Waals surface area (Å²) in [5.74, 6) is -0.941. The molecule has 2 heterocycles. The second kappa shape index (κ2) is 9.31. The molecular weight excluding hydrogens is 340 g/mol. The van der Waals surface area contributed by atoms with Crippen molar-refractivity contribution in [1.29, 1.82) is 5.26 Å². The van der Waals surface area contributed by atoms with Crippen LogP contribution in [0.25, 0.3) is 11.0 Å². The fourth-order valence-electron chi connectivity index (χ4n) is 3.37. The van der Waals surface area contributed by atoms with Crippen LogP contribution in [0.15, 0.2) is 24.3 Å². The highest BCUT2D eigenvalue weighted by Gasteiger charge is 2.30. The molecule has 0 N–H and O–H groups in total. The molecule has 142 valence electrons. The van der Waals surface area contributed by atoms with Gasteiger partial charge in [-0.05, 0) is 31.4 Å². The highest BCUT2D eigenvalue weighted by atomic mass is 16.5. The van der Waals surface area contributed by atoms with E-state index in [1.54, 1.807) is 0 Å². The van der Waals surface area contributed by atoms with Crippen molar-refractivity contribution >= 4 is 22.8 Å². The van der Waals surface area contributed by atoms with Crippen LogP contribution in [-0.4, -0.2) is 35.6 Å². The normalized spacial score (nSPS) is 14.9. The Hall–Kier alpha value is -2.68. The maximum atomic E-state index is 12.6. The van der Waals surface area contributed by atoms with Crippen molar-refractivity contribution in [3.63, 3.8) is 0 Å². The van der Waals surface area contributed by atoms with Gasteiger partial charge in [-0.3, -0.25) is 4.79 Å². The summed E-state index contributed by atoms with van der Waals surface area (Å²) in [6, 6.07) is 9.64.